The number of likely N-dealkylation sites (tertiary alicyclic amines) is 1. The number of carbonyl (C=O) groups is 1. The van der Waals surface area contributed by atoms with E-state index in [9.17, 15) is 4.79 Å². The lowest BCUT2D eigenvalue weighted by Crippen LogP contribution is -2.56. The summed E-state index contributed by atoms with van der Waals surface area (Å²) in [5, 5.41) is 0. The van der Waals surface area contributed by atoms with Gasteiger partial charge in [-0.1, -0.05) is 12.1 Å². The van der Waals surface area contributed by atoms with Gasteiger partial charge in [-0.2, -0.15) is 0 Å². The van der Waals surface area contributed by atoms with Crippen LogP contribution in [0.2, 0.25) is 0 Å². The first-order chi connectivity index (χ1) is 10.3. The Morgan fingerprint density at radius 3 is 2.45 bits per heavy atom. The standard InChI is InChI=1S/C17H26N2O3/c1-17(2,3)19-14(20)10-9-12(18)15(19)11-7-6-8-13(21-4)16(11)22-5/h6-8,12,15H,9-10,18H2,1-5H3. The SMILES string of the molecule is COc1cccc(C2C(N)CCC(=O)N2C(C)(C)C)c1OC. The van der Waals surface area contributed by atoms with E-state index >= 15 is 0 Å². The molecule has 2 atom stereocenters. The molecule has 0 bridgehead atoms. The van der Waals surface area contributed by atoms with E-state index in [1.165, 1.54) is 0 Å². The highest BCUT2D eigenvalue weighted by Crippen LogP contribution is 2.43. The number of methoxy groups -OCH3 is 2. The average Bonchev–Trinajstić information content (AvgIpc) is 2.47. The predicted octanol–water partition coefficient (Wildman–Crippen LogP) is 2.49. The van der Waals surface area contributed by atoms with Crippen LogP contribution in [0.15, 0.2) is 18.2 Å². The molecule has 1 aromatic carbocycles. The van der Waals surface area contributed by atoms with Gasteiger partial charge in [0, 0.05) is 23.6 Å². The third kappa shape index (κ3) is 2.90. The fraction of sp³-hybridized carbons (Fsp3) is 0.588. The molecular formula is C17H26N2O3. The molecule has 0 radical (unpaired) electrons. The third-order valence-electron chi connectivity index (χ3n) is 4.12. The molecule has 122 valence electrons. The largest absolute Gasteiger partial charge is 0.493 e. The Labute approximate surface area is 132 Å². The summed E-state index contributed by atoms with van der Waals surface area (Å²) >= 11 is 0. The van der Waals surface area contributed by atoms with Gasteiger partial charge >= 0.3 is 0 Å². The predicted molar refractivity (Wildman–Crippen MR) is 86.1 cm³/mol. The molecule has 1 aromatic rings. The van der Waals surface area contributed by atoms with Gasteiger partial charge in [-0.05, 0) is 33.3 Å². The quantitative estimate of drug-likeness (QED) is 0.932. The molecule has 1 fully saturated rings. The van der Waals surface area contributed by atoms with Crippen molar-refractivity contribution in [3.05, 3.63) is 23.8 Å². The first kappa shape index (κ1) is 16.6. The average molecular weight is 306 g/mol. The van der Waals surface area contributed by atoms with Crippen LogP contribution in [-0.2, 0) is 4.79 Å². The van der Waals surface area contributed by atoms with Crippen LogP contribution in [0.3, 0.4) is 0 Å². The maximum Gasteiger partial charge on any atom is 0.223 e. The number of carbonyl (C=O) groups excluding carboxylic acids is 1. The van der Waals surface area contributed by atoms with E-state index < -0.39 is 0 Å². The number of amides is 1. The number of hydrogen-bond acceptors (Lipinski definition) is 4. The Balaban J connectivity index is 2.58. The number of piperidine rings is 1. The summed E-state index contributed by atoms with van der Waals surface area (Å²) in [6.45, 7) is 6.09. The van der Waals surface area contributed by atoms with Crippen molar-refractivity contribution in [3.63, 3.8) is 0 Å². The minimum Gasteiger partial charge on any atom is -0.493 e. The van der Waals surface area contributed by atoms with Crippen molar-refractivity contribution in [1.29, 1.82) is 0 Å². The Hall–Kier alpha value is -1.75. The molecule has 1 amide bonds. The van der Waals surface area contributed by atoms with Crippen LogP contribution >= 0.6 is 0 Å². The van der Waals surface area contributed by atoms with Crippen molar-refractivity contribution in [2.75, 3.05) is 14.2 Å². The topological polar surface area (TPSA) is 64.8 Å². The Morgan fingerprint density at radius 1 is 1.23 bits per heavy atom. The second-order valence-corrected chi connectivity index (χ2v) is 6.66. The van der Waals surface area contributed by atoms with Crippen molar-refractivity contribution < 1.29 is 14.3 Å². The molecule has 1 heterocycles. The van der Waals surface area contributed by atoms with Gasteiger partial charge in [-0.15, -0.1) is 0 Å². The monoisotopic (exact) mass is 306 g/mol. The highest BCUT2D eigenvalue weighted by molar-refractivity contribution is 5.79. The fourth-order valence-electron chi connectivity index (χ4n) is 3.22. The van der Waals surface area contributed by atoms with Crippen molar-refractivity contribution >= 4 is 5.91 Å². The Morgan fingerprint density at radius 2 is 1.91 bits per heavy atom. The molecule has 2 unspecified atom stereocenters. The zero-order valence-electron chi connectivity index (χ0n) is 14.1. The fourth-order valence-corrected chi connectivity index (χ4v) is 3.22. The molecule has 0 aliphatic carbocycles. The number of hydrogen-bond donors (Lipinski definition) is 1. The van der Waals surface area contributed by atoms with Gasteiger partial charge in [0.25, 0.3) is 0 Å². The zero-order chi connectivity index (χ0) is 16.5. The molecule has 0 aromatic heterocycles. The number of rotatable bonds is 3. The maximum atomic E-state index is 12.5. The second kappa shape index (κ2) is 6.16. The molecule has 5 heteroatoms. The molecule has 1 saturated heterocycles. The number of nitrogens with zero attached hydrogens (tertiary/aromatic N) is 1. The lowest BCUT2D eigenvalue weighted by Gasteiger charge is -2.47. The first-order valence-corrected chi connectivity index (χ1v) is 7.60. The third-order valence-corrected chi connectivity index (χ3v) is 4.12. The lowest BCUT2D eigenvalue weighted by molar-refractivity contribution is -0.144. The number of para-hydroxylation sites is 1. The summed E-state index contributed by atoms with van der Waals surface area (Å²) in [5.41, 5.74) is 6.97. The van der Waals surface area contributed by atoms with E-state index in [4.69, 9.17) is 15.2 Å². The molecule has 0 saturated carbocycles. The van der Waals surface area contributed by atoms with Gasteiger partial charge in [0.2, 0.25) is 5.91 Å². The van der Waals surface area contributed by atoms with Gasteiger partial charge in [-0.3, -0.25) is 4.79 Å². The molecule has 2 N–H and O–H groups in total. The lowest BCUT2D eigenvalue weighted by atomic mass is 9.86. The summed E-state index contributed by atoms with van der Waals surface area (Å²) in [5.74, 6) is 1.43. The number of benzene rings is 1. The van der Waals surface area contributed by atoms with E-state index in [-0.39, 0.29) is 23.5 Å². The highest BCUT2D eigenvalue weighted by Gasteiger charge is 2.42. The first-order valence-electron chi connectivity index (χ1n) is 7.60. The van der Waals surface area contributed by atoms with Crippen molar-refractivity contribution in [2.45, 2.75) is 51.2 Å². The van der Waals surface area contributed by atoms with Crippen molar-refractivity contribution in [3.8, 4) is 11.5 Å². The smallest absolute Gasteiger partial charge is 0.223 e. The zero-order valence-corrected chi connectivity index (χ0v) is 14.1. The van der Waals surface area contributed by atoms with E-state index in [1.807, 2.05) is 43.9 Å². The molecule has 1 aliphatic rings. The van der Waals surface area contributed by atoms with Crippen LogP contribution in [0.1, 0.15) is 45.2 Å². The summed E-state index contributed by atoms with van der Waals surface area (Å²) in [4.78, 5) is 14.4. The van der Waals surface area contributed by atoms with E-state index in [0.717, 1.165) is 5.56 Å². The van der Waals surface area contributed by atoms with E-state index in [1.54, 1.807) is 14.2 Å². The van der Waals surface area contributed by atoms with Crippen LogP contribution in [0.25, 0.3) is 0 Å². The van der Waals surface area contributed by atoms with Gasteiger partial charge in [0.15, 0.2) is 11.5 Å². The minimum absolute atomic E-state index is 0.127. The van der Waals surface area contributed by atoms with Crippen LogP contribution in [-0.4, -0.2) is 36.6 Å². The van der Waals surface area contributed by atoms with Gasteiger partial charge in [0.1, 0.15) is 0 Å². The van der Waals surface area contributed by atoms with E-state index in [0.29, 0.717) is 24.3 Å². The Bertz CT molecular complexity index is 551. The molecule has 2 rings (SSSR count). The highest BCUT2D eigenvalue weighted by atomic mass is 16.5. The molecule has 1 aliphatic heterocycles. The summed E-state index contributed by atoms with van der Waals surface area (Å²) in [6.07, 6.45) is 1.16. The number of nitrogens with two attached hydrogens (primary N) is 1. The molecule has 22 heavy (non-hydrogen) atoms. The summed E-state index contributed by atoms with van der Waals surface area (Å²) in [6, 6.07) is 5.37. The van der Waals surface area contributed by atoms with Crippen molar-refractivity contribution in [1.82, 2.24) is 4.90 Å². The van der Waals surface area contributed by atoms with E-state index in [2.05, 4.69) is 0 Å². The van der Waals surface area contributed by atoms with Crippen LogP contribution in [0, 0.1) is 0 Å². The van der Waals surface area contributed by atoms with Gasteiger partial charge in [0.05, 0.1) is 20.3 Å². The van der Waals surface area contributed by atoms with Gasteiger partial charge in [-0.25, -0.2) is 0 Å². The molecular weight excluding hydrogens is 280 g/mol. The summed E-state index contributed by atoms with van der Waals surface area (Å²) < 4.78 is 10.9. The molecule has 5 nitrogen and oxygen atoms in total. The van der Waals surface area contributed by atoms with Gasteiger partial charge < -0.3 is 20.1 Å². The van der Waals surface area contributed by atoms with Crippen LogP contribution < -0.4 is 15.2 Å². The molecule has 0 spiro atoms. The van der Waals surface area contributed by atoms with Crippen molar-refractivity contribution in [2.24, 2.45) is 5.73 Å². The van der Waals surface area contributed by atoms with Crippen LogP contribution in [0.5, 0.6) is 11.5 Å². The van der Waals surface area contributed by atoms with Crippen LogP contribution in [0.4, 0.5) is 0 Å². The summed E-state index contributed by atoms with van der Waals surface area (Å²) in [7, 11) is 3.22. The normalized spacial score (nSPS) is 22.6. The maximum absolute atomic E-state index is 12.5. The Kier molecular flexibility index (Phi) is 4.66. The second-order valence-electron chi connectivity index (χ2n) is 6.66. The number of ether oxygens (including phenoxy) is 2. The minimum atomic E-state index is -0.312.